The second kappa shape index (κ2) is 7.56. The van der Waals surface area contributed by atoms with E-state index < -0.39 is 17.9 Å². The zero-order valence-corrected chi connectivity index (χ0v) is 15.0. The lowest BCUT2D eigenvalue weighted by Crippen LogP contribution is -2.40. The number of benzene rings is 1. The number of carboxylic acid groups (broad SMARTS) is 1. The average molecular weight is 353 g/mol. The van der Waals surface area contributed by atoms with Crippen molar-refractivity contribution in [3.8, 4) is 5.69 Å². The predicted molar refractivity (Wildman–Crippen MR) is 98.6 cm³/mol. The van der Waals surface area contributed by atoms with Crippen molar-refractivity contribution in [1.29, 1.82) is 0 Å². The van der Waals surface area contributed by atoms with Crippen LogP contribution in [-0.4, -0.2) is 32.8 Å². The number of hydrogen-bond acceptors (Lipinski definition) is 3. The standard InChI is InChI=1S/C20H23N3O3/c1-3-4-10-15(20(25)26)21-19(24)18-14-9-7-12-17(14)23(22-18)16-11-6-5-8-13(16)2/h3-6,8,11,15H,7,9-10,12H2,1-2H3,(H,21,24)(H,25,26)/b4-3+. The first kappa shape index (κ1) is 17.9. The summed E-state index contributed by atoms with van der Waals surface area (Å²) in [6.45, 7) is 3.83. The number of para-hydroxylation sites is 1. The van der Waals surface area contributed by atoms with Crippen molar-refractivity contribution in [2.75, 3.05) is 0 Å². The van der Waals surface area contributed by atoms with E-state index in [1.165, 1.54) is 0 Å². The topological polar surface area (TPSA) is 84.2 Å². The Hall–Kier alpha value is -2.89. The summed E-state index contributed by atoms with van der Waals surface area (Å²) < 4.78 is 1.84. The van der Waals surface area contributed by atoms with Crippen LogP contribution in [0.3, 0.4) is 0 Å². The summed E-state index contributed by atoms with van der Waals surface area (Å²) in [6, 6.07) is 6.95. The van der Waals surface area contributed by atoms with Crippen LogP contribution in [0.1, 0.15) is 47.1 Å². The van der Waals surface area contributed by atoms with E-state index in [1.54, 1.807) is 12.2 Å². The van der Waals surface area contributed by atoms with E-state index in [4.69, 9.17) is 0 Å². The third kappa shape index (κ3) is 3.40. The Balaban J connectivity index is 1.94. The van der Waals surface area contributed by atoms with Crippen LogP contribution >= 0.6 is 0 Å². The number of aryl methyl sites for hydroxylation is 1. The number of allylic oxidation sites excluding steroid dienone is 1. The zero-order valence-electron chi connectivity index (χ0n) is 15.0. The number of fused-ring (bicyclic) bond motifs is 1. The molecular weight excluding hydrogens is 330 g/mol. The van der Waals surface area contributed by atoms with Gasteiger partial charge in [-0.15, -0.1) is 0 Å². The molecule has 1 heterocycles. The number of nitrogens with zero attached hydrogens (tertiary/aromatic N) is 2. The second-order valence-electron chi connectivity index (χ2n) is 6.49. The Morgan fingerprint density at radius 3 is 2.81 bits per heavy atom. The van der Waals surface area contributed by atoms with Crippen LogP contribution in [0.5, 0.6) is 0 Å². The van der Waals surface area contributed by atoms with E-state index in [1.807, 2.05) is 42.8 Å². The molecule has 2 N–H and O–H groups in total. The molecule has 0 saturated heterocycles. The molecule has 0 bridgehead atoms. The van der Waals surface area contributed by atoms with Gasteiger partial charge in [0, 0.05) is 11.3 Å². The fraction of sp³-hybridized carbons (Fsp3) is 0.350. The van der Waals surface area contributed by atoms with Gasteiger partial charge in [-0.1, -0.05) is 30.4 Å². The number of aromatic nitrogens is 2. The summed E-state index contributed by atoms with van der Waals surface area (Å²) in [5.74, 6) is -1.47. The van der Waals surface area contributed by atoms with E-state index in [0.29, 0.717) is 5.69 Å². The maximum atomic E-state index is 12.7. The van der Waals surface area contributed by atoms with E-state index in [0.717, 1.165) is 41.8 Å². The number of carboxylic acids is 1. The van der Waals surface area contributed by atoms with Gasteiger partial charge in [0.05, 0.1) is 5.69 Å². The fourth-order valence-corrected chi connectivity index (χ4v) is 3.34. The van der Waals surface area contributed by atoms with Crippen LogP contribution in [-0.2, 0) is 17.6 Å². The van der Waals surface area contributed by atoms with Gasteiger partial charge in [-0.05, 0) is 51.2 Å². The number of carbonyl (C=O) groups is 2. The van der Waals surface area contributed by atoms with Crippen LogP contribution < -0.4 is 5.32 Å². The monoisotopic (exact) mass is 353 g/mol. The summed E-state index contributed by atoms with van der Waals surface area (Å²) in [5.41, 5.74) is 4.35. The van der Waals surface area contributed by atoms with Gasteiger partial charge in [0.1, 0.15) is 6.04 Å². The van der Waals surface area contributed by atoms with E-state index in [2.05, 4.69) is 10.4 Å². The molecule has 26 heavy (non-hydrogen) atoms. The molecule has 1 atom stereocenters. The van der Waals surface area contributed by atoms with Crippen LogP contribution in [0.2, 0.25) is 0 Å². The Bertz CT molecular complexity index is 867. The molecule has 136 valence electrons. The van der Waals surface area contributed by atoms with Crippen LogP contribution in [0.25, 0.3) is 5.69 Å². The van der Waals surface area contributed by atoms with Crippen molar-refractivity contribution in [2.24, 2.45) is 0 Å². The molecule has 2 aromatic rings. The van der Waals surface area contributed by atoms with Crippen molar-refractivity contribution in [1.82, 2.24) is 15.1 Å². The highest BCUT2D eigenvalue weighted by molar-refractivity contribution is 5.96. The van der Waals surface area contributed by atoms with Gasteiger partial charge in [-0.3, -0.25) is 4.79 Å². The third-order valence-electron chi connectivity index (χ3n) is 4.70. The third-order valence-corrected chi connectivity index (χ3v) is 4.70. The lowest BCUT2D eigenvalue weighted by molar-refractivity contribution is -0.139. The molecule has 0 radical (unpaired) electrons. The van der Waals surface area contributed by atoms with Gasteiger partial charge in [-0.25, -0.2) is 9.48 Å². The Morgan fingerprint density at radius 1 is 1.35 bits per heavy atom. The van der Waals surface area contributed by atoms with Gasteiger partial charge in [0.2, 0.25) is 0 Å². The predicted octanol–water partition coefficient (Wildman–Crippen LogP) is 2.82. The number of carbonyl (C=O) groups excluding carboxylic acids is 1. The number of nitrogens with one attached hydrogen (secondary N) is 1. The van der Waals surface area contributed by atoms with Crippen molar-refractivity contribution in [3.05, 3.63) is 58.9 Å². The molecule has 1 aromatic heterocycles. The maximum absolute atomic E-state index is 12.7. The molecule has 6 nitrogen and oxygen atoms in total. The molecule has 0 saturated carbocycles. The minimum Gasteiger partial charge on any atom is -0.480 e. The minimum atomic E-state index is -1.05. The average Bonchev–Trinajstić information content (AvgIpc) is 3.21. The molecule has 1 amide bonds. The van der Waals surface area contributed by atoms with Crippen molar-refractivity contribution in [3.63, 3.8) is 0 Å². The molecule has 6 heteroatoms. The summed E-state index contributed by atoms with van der Waals surface area (Å²) in [6.07, 6.45) is 6.38. The van der Waals surface area contributed by atoms with Crippen molar-refractivity contribution in [2.45, 2.75) is 45.6 Å². The number of aliphatic carboxylic acids is 1. The molecule has 3 rings (SSSR count). The highest BCUT2D eigenvalue weighted by Gasteiger charge is 2.29. The fourth-order valence-electron chi connectivity index (χ4n) is 3.34. The first-order valence-electron chi connectivity index (χ1n) is 8.84. The van der Waals surface area contributed by atoms with Crippen molar-refractivity contribution < 1.29 is 14.7 Å². The molecule has 0 fully saturated rings. The van der Waals surface area contributed by atoms with Crippen LogP contribution in [0.4, 0.5) is 0 Å². The van der Waals surface area contributed by atoms with Crippen molar-refractivity contribution >= 4 is 11.9 Å². The Morgan fingerprint density at radius 2 is 2.12 bits per heavy atom. The largest absolute Gasteiger partial charge is 0.480 e. The molecule has 1 aromatic carbocycles. The molecule has 0 spiro atoms. The smallest absolute Gasteiger partial charge is 0.326 e. The first-order valence-corrected chi connectivity index (χ1v) is 8.84. The van der Waals surface area contributed by atoms with E-state index in [-0.39, 0.29) is 6.42 Å². The van der Waals surface area contributed by atoms with Gasteiger partial charge in [0.25, 0.3) is 5.91 Å². The Kier molecular flexibility index (Phi) is 5.21. The maximum Gasteiger partial charge on any atom is 0.326 e. The summed E-state index contributed by atoms with van der Waals surface area (Å²) in [5, 5.41) is 16.5. The van der Waals surface area contributed by atoms with Crippen LogP contribution in [0.15, 0.2) is 36.4 Å². The Labute approximate surface area is 152 Å². The quantitative estimate of drug-likeness (QED) is 0.782. The van der Waals surface area contributed by atoms with Gasteiger partial charge in [0.15, 0.2) is 5.69 Å². The SMILES string of the molecule is C/C=C/CC(NC(=O)c1nn(-c2ccccc2C)c2c1CCC2)C(=O)O. The van der Waals surface area contributed by atoms with Gasteiger partial charge >= 0.3 is 5.97 Å². The zero-order chi connectivity index (χ0) is 18.7. The first-order chi connectivity index (χ1) is 12.5. The number of hydrogen-bond donors (Lipinski definition) is 2. The van der Waals surface area contributed by atoms with Crippen LogP contribution in [0, 0.1) is 6.92 Å². The number of rotatable bonds is 6. The minimum absolute atomic E-state index is 0.248. The lowest BCUT2D eigenvalue weighted by atomic mass is 10.1. The summed E-state index contributed by atoms with van der Waals surface area (Å²) in [7, 11) is 0. The molecule has 1 aliphatic rings. The normalized spacial score (nSPS) is 14.4. The highest BCUT2D eigenvalue weighted by Crippen LogP contribution is 2.28. The highest BCUT2D eigenvalue weighted by atomic mass is 16.4. The molecule has 1 unspecified atom stereocenters. The van der Waals surface area contributed by atoms with E-state index in [9.17, 15) is 14.7 Å². The summed E-state index contributed by atoms with van der Waals surface area (Å²) >= 11 is 0. The van der Waals surface area contributed by atoms with E-state index >= 15 is 0 Å². The van der Waals surface area contributed by atoms with Gasteiger partial charge in [-0.2, -0.15) is 5.10 Å². The summed E-state index contributed by atoms with van der Waals surface area (Å²) in [4.78, 5) is 24.1. The molecular formula is C20H23N3O3. The molecule has 1 aliphatic carbocycles. The second-order valence-corrected chi connectivity index (χ2v) is 6.49. The number of amides is 1. The molecule has 0 aliphatic heterocycles. The van der Waals surface area contributed by atoms with Gasteiger partial charge < -0.3 is 10.4 Å². The lowest BCUT2D eigenvalue weighted by Gasteiger charge is -2.12.